The molecule has 104 valence electrons. The van der Waals surface area contributed by atoms with E-state index in [4.69, 9.17) is 16.3 Å². The van der Waals surface area contributed by atoms with Crippen LogP contribution in [-0.2, 0) is 6.54 Å². The van der Waals surface area contributed by atoms with E-state index in [1.807, 2.05) is 24.3 Å². The molecule has 0 atom stereocenters. The van der Waals surface area contributed by atoms with Gasteiger partial charge < -0.3 is 10.1 Å². The van der Waals surface area contributed by atoms with E-state index >= 15 is 0 Å². The molecule has 0 fully saturated rings. The van der Waals surface area contributed by atoms with Gasteiger partial charge in [-0.05, 0) is 36.8 Å². The lowest BCUT2D eigenvalue weighted by Crippen LogP contribution is -2.23. The van der Waals surface area contributed by atoms with E-state index in [1.165, 1.54) is 0 Å². The number of aryl methyl sites for hydroxylation is 1. The topological polar surface area (TPSA) is 51.2 Å². The smallest absolute Gasteiger partial charge is 0.251 e. The highest BCUT2D eigenvalue weighted by Gasteiger charge is 2.07. The van der Waals surface area contributed by atoms with E-state index in [0.29, 0.717) is 23.0 Å². The van der Waals surface area contributed by atoms with Crippen LogP contribution < -0.4 is 10.1 Å². The summed E-state index contributed by atoms with van der Waals surface area (Å²) in [4.78, 5) is 16.0. The van der Waals surface area contributed by atoms with Gasteiger partial charge in [0, 0.05) is 17.8 Å². The van der Waals surface area contributed by atoms with Gasteiger partial charge in [0.2, 0.25) is 0 Å². The fourth-order valence-electron chi connectivity index (χ4n) is 1.79. The van der Waals surface area contributed by atoms with Gasteiger partial charge in [-0.2, -0.15) is 0 Å². The lowest BCUT2D eigenvalue weighted by molar-refractivity contribution is 0.0950. The van der Waals surface area contributed by atoms with Crippen molar-refractivity contribution in [2.45, 2.75) is 13.5 Å². The first-order chi connectivity index (χ1) is 9.58. The number of benzene rings is 1. The van der Waals surface area contributed by atoms with E-state index in [9.17, 15) is 4.79 Å². The van der Waals surface area contributed by atoms with Crippen molar-refractivity contribution in [1.29, 1.82) is 0 Å². The minimum Gasteiger partial charge on any atom is -0.497 e. The van der Waals surface area contributed by atoms with Crippen LogP contribution in [0.5, 0.6) is 5.75 Å². The van der Waals surface area contributed by atoms with Crippen molar-refractivity contribution in [2.75, 3.05) is 7.11 Å². The minimum atomic E-state index is -0.173. The Bertz CT molecular complexity index is 592. The van der Waals surface area contributed by atoms with Gasteiger partial charge in [-0.15, -0.1) is 0 Å². The van der Waals surface area contributed by atoms with Crippen LogP contribution in [0.3, 0.4) is 0 Å². The molecule has 0 aliphatic carbocycles. The van der Waals surface area contributed by atoms with E-state index in [1.54, 1.807) is 26.2 Å². The lowest BCUT2D eigenvalue weighted by atomic mass is 10.2. The maximum Gasteiger partial charge on any atom is 0.251 e. The molecule has 20 heavy (non-hydrogen) atoms. The lowest BCUT2D eigenvalue weighted by Gasteiger charge is -2.07. The molecule has 4 nitrogen and oxygen atoms in total. The van der Waals surface area contributed by atoms with Crippen LogP contribution in [0.1, 0.15) is 21.6 Å². The predicted molar refractivity (Wildman–Crippen MR) is 78.1 cm³/mol. The number of carbonyl (C=O) groups excluding carboxylic acids is 1. The first-order valence-corrected chi connectivity index (χ1v) is 6.51. The third-order valence-electron chi connectivity index (χ3n) is 2.80. The first kappa shape index (κ1) is 14.3. The molecular weight excluding hydrogens is 276 g/mol. The second kappa shape index (κ2) is 6.39. The molecule has 1 aromatic carbocycles. The number of carbonyl (C=O) groups is 1. The highest BCUT2D eigenvalue weighted by atomic mass is 35.5. The van der Waals surface area contributed by atoms with Gasteiger partial charge in [0.15, 0.2) is 0 Å². The minimum absolute atomic E-state index is 0.173. The number of nitrogens with one attached hydrogen (secondary N) is 1. The number of pyridine rings is 1. The van der Waals surface area contributed by atoms with E-state index in [2.05, 4.69) is 10.3 Å². The van der Waals surface area contributed by atoms with Crippen LogP contribution in [0, 0.1) is 6.92 Å². The normalized spacial score (nSPS) is 10.2. The Labute approximate surface area is 122 Å². The van der Waals surface area contributed by atoms with Crippen molar-refractivity contribution in [3.8, 4) is 5.75 Å². The molecule has 1 heterocycles. The molecule has 0 unspecified atom stereocenters. The zero-order valence-corrected chi connectivity index (χ0v) is 12.1. The van der Waals surface area contributed by atoms with Crippen molar-refractivity contribution in [2.24, 2.45) is 0 Å². The van der Waals surface area contributed by atoms with Crippen LogP contribution in [0.25, 0.3) is 0 Å². The number of methoxy groups -OCH3 is 1. The van der Waals surface area contributed by atoms with Gasteiger partial charge in [-0.1, -0.05) is 23.7 Å². The van der Waals surface area contributed by atoms with E-state index in [-0.39, 0.29) is 5.91 Å². The molecule has 0 aliphatic rings. The largest absolute Gasteiger partial charge is 0.497 e. The summed E-state index contributed by atoms with van der Waals surface area (Å²) in [6, 6.07) is 10.8. The second-order valence-corrected chi connectivity index (χ2v) is 4.74. The molecule has 1 amide bonds. The number of hydrogen-bond acceptors (Lipinski definition) is 3. The molecule has 0 spiro atoms. The summed E-state index contributed by atoms with van der Waals surface area (Å²) in [5, 5.41) is 3.16. The van der Waals surface area contributed by atoms with Crippen molar-refractivity contribution in [3.63, 3.8) is 0 Å². The van der Waals surface area contributed by atoms with E-state index < -0.39 is 0 Å². The zero-order chi connectivity index (χ0) is 14.5. The van der Waals surface area contributed by atoms with Crippen LogP contribution >= 0.6 is 11.6 Å². The fourth-order valence-corrected chi connectivity index (χ4v) is 2.04. The molecule has 1 N–H and O–H groups in total. The zero-order valence-electron chi connectivity index (χ0n) is 11.3. The van der Waals surface area contributed by atoms with Crippen LogP contribution in [0.4, 0.5) is 0 Å². The highest BCUT2D eigenvalue weighted by Crippen LogP contribution is 2.12. The summed E-state index contributed by atoms with van der Waals surface area (Å²) in [7, 11) is 1.62. The van der Waals surface area contributed by atoms with Gasteiger partial charge in [-0.3, -0.25) is 4.79 Å². The summed E-state index contributed by atoms with van der Waals surface area (Å²) in [5.74, 6) is 0.616. The third kappa shape index (κ3) is 3.71. The molecule has 0 bridgehead atoms. The van der Waals surface area contributed by atoms with Gasteiger partial charge >= 0.3 is 0 Å². The molecule has 0 saturated heterocycles. The Morgan fingerprint density at radius 1 is 1.30 bits per heavy atom. The number of rotatable bonds is 4. The number of hydrogen-bond donors (Lipinski definition) is 1. The Kier molecular flexibility index (Phi) is 4.58. The fraction of sp³-hybridized carbons (Fsp3) is 0.200. The highest BCUT2D eigenvalue weighted by molar-refractivity contribution is 6.29. The van der Waals surface area contributed by atoms with Crippen LogP contribution in [-0.4, -0.2) is 18.0 Å². The Hall–Kier alpha value is -2.07. The van der Waals surface area contributed by atoms with Crippen LogP contribution in [0.2, 0.25) is 5.15 Å². The molecule has 2 aromatic rings. The maximum absolute atomic E-state index is 12.0. The molecule has 0 aliphatic heterocycles. The Morgan fingerprint density at radius 2 is 2.00 bits per heavy atom. The van der Waals surface area contributed by atoms with Gasteiger partial charge in [0.25, 0.3) is 5.91 Å². The SMILES string of the molecule is COc1ccc(CNC(=O)c2cc(C)nc(Cl)c2)cc1. The summed E-state index contributed by atoms with van der Waals surface area (Å²) < 4.78 is 5.08. The van der Waals surface area contributed by atoms with Crippen molar-refractivity contribution >= 4 is 17.5 Å². The van der Waals surface area contributed by atoms with Gasteiger partial charge in [-0.25, -0.2) is 4.98 Å². The monoisotopic (exact) mass is 290 g/mol. The second-order valence-electron chi connectivity index (χ2n) is 4.35. The summed E-state index contributed by atoms with van der Waals surface area (Å²) in [6.45, 7) is 2.24. The molecule has 2 rings (SSSR count). The summed E-state index contributed by atoms with van der Waals surface area (Å²) >= 11 is 5.84. The molecule has 0 saturated carbocycles. The van der Waals surface area contributed by atoms with Crippen molar-refractivity contribution in [3.05, 3.63) is 58.4 Å². The number of aromatic nitrogens is 1. The summed E-state index contributed by atoms with van der Waals surface area (Å²) in [5.41, 5.74) is 2.22. The average Bonchev–Trinajstić information content (AvgIpc) is 2.44. The Morgan fingerprint density at radius 3 is 2.60 bits per heavy atom. The van der Waals surface area contributed by atoms with Crippen LogP contribution in [0.15, 0.2) is 36.4 Å². The third-order valence-corrected chi connectivity index (χ3v) is 2.99. The van der Waals surface area contributed by atoms with Gasteiger partial charge in [0.1, 0.15) is 10.9 Å². The van der Waals surface area contributed by atoms with Crippen molar-refractivity contribution in [1.82, 2.24) is 10.3 Å². The quantitative estimate of drug-likeness (QED) is 0.881. The average molecular weight is 291 g/mol. The van der Waals surface area contributed by atoms with Crippen molar-refractivity contribution < 1.29 is 9.53 Å². The maximum atomic E-state index is 12.0. The number of halogens is 1. The molecule has 1 aromatic heterocycles. The molecular formula is C15H15ClN2O2. The van der Waals surface area contributed by atoms with E-state index in [0.717, 1.165) is 11.3 Å². The standard InChI is InChI=1S/C15H15ClN2O2/c1-10-7-12(8-14(16)18-10)15(19)17-9-11-3-5-13(20-2)6-4-11/h3-8H,9H2,1-2H3,(H,17,19). The van der Waals surface area contributed by atoms with Gasteiger partial charge in [0.05, 0.1) is 7.11 Å². The predicted octanol–water partition coefficient (Wildman–Crippen LogP) is 2.98. The summed E-state index contributed by atoms with van der Waals surface area (Å²) in [6.07, 6.45) is 0. The molecule has 0 radical (unpaired) electrons. The number of nitrogens with zero attached hydrogens (tertiary/aromatic N) is 1. The molecule has 5 heteroatoms. The Balaban J connectivity index is 2.00. The number of ether oxygens (including phenoxy) is 1. The first-order valence-electron chi connectivity index (χ1n) is 6.14. The number of amides is 1.